The van der Waals surface area contributed by atoms with E-state index in [-0.39, 0.29) is 5.91 Å². The van der Waals surface area contributed by atoms with Gasteiger partial charge in [0.1, 0.15) is 0 Å². The molecule has 0 bridgehead atoms. The summed E-state index contributed by atoms with van der Waals surface area (Å²) in [5.41, 5.74) is 3.94. The van der Waals surface area contributed by atoms with E-state index in [1.54, 1.807) is 12.3 Å². The fourth-order valence-corrected chi connectivity index (χ4v) is 4.91. The summed E-state index contributed by atoms with van der Waals surface area (Å²) in [5.74, 6) is 1.90. The van der Waals surface area contributed by atoms with E-state index < -0.39 is 10.8 Å². The van der Waals surface area contributed by atoms with Crippen LogP contribution in [-0.2, 0) is 29.6 Å². The van der Waals surface area contributed by atoms with E-state index in [2.05, 4.69) is 48.3 Å². The number of rotatable bonds is 7. The van der Waals surface area contributed by atoms with Gasteiger partial charge in [-0.05, 0) is 47.1 Å². The Labute approximate surface area is 177 Å². The highest BCUT2D eigenvalue weighted by Gasteiger charge is 2.21. The van der Waals surface area contributed by atoms with E-state index >= 15 is 0 Å². The molecule has 0 aromatic heterocycles. The SMILES string of the molecule is C[C@@H]1C[C@H](C)CN(Cc2ccc(CNC(=O)c3cccc(C[S@](C)=O)c3)cc2)C1. The van der Waals surface area contributed by atoms with Gasteiger partial charge in [0.25, 0.3) is 5.91 Å². The van der Waals surface area contributed by atoms with E-state index in [0.29, 0.717) is 17.9 Å². The van der Waals surface area contributed by atoms with Crippen LogP contribution >= 0.6 is 0 Å². The molecule has 1 fully saturated rings. The first-order valence-electron chi connectivity index (χ1n) is 10.4. The Morgan fingerprint density at radius 1 is 1.03 bits per heavy atom. The first-order chi connectivity index (χ1) is 13.9. The van der Waals surface area contributed by atoms with Crippen LogP contribution in [-0.4, -0.2) is 34.4 Å². The predicted octanol–water partition coefficient (Wildman–Crippen LogP) is 3.97. The highest BCUT2D eigenvalue weighted by Crippen LogP contribution is 2.22. The highest BCUT2D eigenvalue weighted by atomic mass is 32.2. The lowest BCUT2D eigenvalue weighted by Gasteiger charge is -2.35. The molecule has 1 amide bonds. The molecule has 2 aromatic rings. The maximum atomic E-state index is 12.5. The van der Waals surface area contributed by atoms with Gasteiger partial charge in [-0.25, -0.2) is 0 Å². The number of benzene rings is 2. The average molecular weight is 413 g/mol. The minimum absolute atomic E-state index is 0.103. The van der Waals surface area contributed by atoms with E-state index in [1.807, 2.05) is 18.2 Å². The Morgan fingerprint density at radius 2 is 1.69 bits per heavy atom. The number of piperidine rings is 1. The average Bonchev–Trinajstić information content (AvgIpc) is 2.66. The normalized spacial score (nSPS) is 20.9. The number of amides is 1. The number of carbonyl (C=O) groups is 1. The van der Waals surface area contributed by atoms with Crippen molar-refractivity contribution < 1.29 is 9.00 Å². The molecule has 1 N–H and O–H groups in total. The van der Waals surface area contributed by atoms with E-state index in [1.165, 1.54) is 25.1 Å². The van der Waals surface area contributed by atoms with Crippen LogP contribution in [0.15, 0.2) is 48.5 Å². The Morgan fingerprint density at radius 3 is 2.34 bits per heavy atom. The molecule has 4 nitrogen and oxygen atoms in total. The first-order valence-corrected chi connectivity index (χ1v) is 12.1. The standard InChI is InChI=1S/C24H32N2O2S/c1-18-11-19(2)15-26(14-18)16-21-9-7-20(8-10-21)13-25-24(27)23-6-4-5-22(12-23)17-29(3)28/h4-10,12,18-19H,11,13-17H2,1-3H3,(H,25,27)/t18-,19+,29-/m0/s1. The molecule has 1 aliphatic heterocycles. The summed E-state index contributed by atoms with van der Waals surface area (Å²) >= 11 is 0. The molecule has 1 aliphatic rings. The maximum Gasteiger partial charge on any atom is 0.251 e. The highest BCUT2D eigenvalue weighted by molar-refractivity contribution is 7.83. The van der Waals surface area contributed by atoms with Crippen LogP contribution in [0.3, 0.4) is 0 Å². The first kappa shape index (κ1) is 21.7. The molecule has 1 saturated heterocycles. The lowest BCUT2D eigenvalue weighted by atomic mass is 9.91. The summed E-state index contributed by atoms with van der Waals surface area (Å²) in [6, 6.07) is 15.9. The summed E-state index contributed by atoms with van der Waals surface area (Å²) in [7, 11) is -0.916. The molecule has 0 saturated carbocycles. The van der Waals surface area contributed by atoms with E-state index in [9.17, 15) is 9.00 Å². The third-order valence-electron chi connectivity index (χ3n) is 5.39. The van der Waals surface area contributed by atoms with Gasteiger partial charge in [0.15, 0.2) is 0 Å². The summed E-state index contributed by atoms with van der Waals surface area (Å²) < 4.78 is 11.4. The van der Waals surface area contributed by atoms with Gasteiger partial charge in [-0.2, -0.15) is 0 Å². The minimum Gasteiger partial charge on any atom is -0.348 e. The van der Waals surface area contributed by atoms with Gasteiger partial charge in [-0.15, -0.1) is 0 Å². The molecule has 5 heteroatoms. The molecule has 156 valence electrons. The van der Waals surface area contributed by atoms with Crippen LogP contribution in [0.2, 0.25) is 0 Å². The second-order valence-corrected chi connectivity index (χ2v) is 9.99. The third kappa shape index (κ3) is 6.79. The van der Waals surface area contributed by atoms with Gasteiger partial charge in [0.2, 0.25) is 0 Å². The zero-order chi connectivity index (χ0) is 20.8. The lowest BCUT2D eigenvalue weighted by molar-refractivity contribution is 0.0951. The maximum absolute atomic E-state index is 12.5. The molecule has 0 unspecified atom stereocenters. The van der Waals surface area contributed by atoms with Gasteiger partial charge in [0, 0.05) is 54.6 Å². The lowest BCUT2D eigenvalue weighted by Crippen LogP contribution is -2.38. The minimum atomic E-state index is -0.916. The van der Waals surface area contributed by atoms with Gasteiger partial charge < -0.3 is 5.32 Å². The van der Waals surface area contributed by atoms with Crippen molar-refractivity contribution in [3.8, 4) is 0 Å². The summed E-state index contributed by atoms with van der Waals surface area (Å²) in [4.78, 5) is 15.0. The zero-order valence-electron chi connectivity index (χ0n) is 17.7. The number of likely N-dealkylation sites (tertiary alicyclic amines) is 1. The third-order valence-corrected chi connectivity index (χ3v) is 6.13. The van der Waals surface area contributed by atoms with Gasteiger partial charge in [0.05, 0.1) is 0 Å². The molecular weight excluding hydrogens is 380 g/mol. The monoisotopic (exact) mass is 412 g/mol. The van der Waals surface area contributed by atoms with Gasteiger partial charge in [-0.1, -0.05) is 50.2 Å². The molecule has 2 aromatic carbocycles. The van der Waals surface area contributed by atoms with Crippen molar-refractivity contribution in [2.45, 2.75) is 39.1 Å². The molecule has 0 radical (unpaired) electrons. The van der Waals surface area contributed by atoms with Crippen LogP contribution in [0.5, 0.6) is 0 Å². The second-order valence-electron chi connectivity index (χ2n) is 8.56. The number of hydrogen-bond donors (Lipinski definition) is 1. The van der Waals surface area contributed by atoms with E-state index in [0.717, 1.165) is 29.5 Å². The zero-order valence-corrected chi connectivity index (χ0v) is 18.5. The molecule has 29 heavy (non-hydrogen) atoms. The fourth-order valence-electron chi connectivity index (χ4n) is 4.26. The second kappa shape index (κ2) is 10.2. The Hall–Kier alpha value is -1.98. The van der Waals surface area contributed by atoms with Crippen molar-refractivity contribution >= 4 is 16.7 Å². The summed E-state index contributed by atoms with van der Waals surface area (Å²) in [6.07, 6.45) is 3.00. The quantitative estimate of drug-likeness (QED) is 0.749. The summed E-state index contributed by atoms with van der Waals surface area (Å²) in [6.45, 7) is 8.52. The van der Waals surface area contributed by atoms with Crippen molar-refractivity contribution in [1.82, 2.24) is 10.2 Å². The van der Waals surface area contributed by atoms with Crippen molar-refractivity contribution in [3.63, 3.8) is 0 Å². The smallest absolute Gasteiger partial charge is 0.251 e. The Balaban J connectivity index is 1.52. The van der Waals surface area contributed by atoms with Crippen molar-refractivity contribution in [3.05, 3.63) is 70.8 Å². The predicted molar refractivity (Wildman–Crippen MR) is 120 cm³/mol. The summed E-state index contributed by atoms with van der Waals surface area (Å²) in [5, 5.41) is 2.98. The fraction of sp³-hybridized carbons (Fsp3) is 0.458. The number of nitrogens with one attached hydrogen (secondary N) is 1. The van der Waals surface area contributed by atoms with Crippen molar-refractivity contribution in [2.75, 3.05) is 19.3 Å². The topological polar surface area (TPSA) is 49.4 Å². The largest absolute Gasteiger partial charge is 0.348 e. The molecular formula is C24H32N2O2S. The number of hydrogen-bond acceptors (Lipinski definition) is 3. The van der Waals surface area contributed by atoms with E-state index in [4.69, 9.17) is 0 Å². The van der Waals surface area contributed by atoms with Crippen molar-refractivity contribution in [1.29, 1.82) is 0 Å². The van der Waals surface area contributed by atoms with Gasteiger partial charge >= 0.3 is 0 Å². The molecule has 0 aliphatic carbocycles. The number of carbonyl (C=O) groups excluding carboxylic acids is 1. The van der Waals surface area contributed by atoms with Crippen LogP contribution in [0.25, 0.3) is 0 Å². The Kier molecular flexibility index (Phi) is 7.62. The molecule has 1 heterocycles. The van der Waals surface area contributed by atoms with Crippen LogP contribution in [0.1, 0.15) is 47.3 Å². The van der Waals surface area contributed by atoms with Crippen molar-refractivity contribution in [2.24, 2.45) is 11.8 Å². The van der Waals surface area contributed by atoms with Gasteiger partial charge in [-0.3, -0.25) is 13.9 Å². The molecule has 3 atom stereocenters. The van der Waals surface area contributed by atoms with Crippen LogP contribution in [0.4, 0.5) is 0 Å². The number of nitrogens with zero attached hydrogens (tertiary/aromatic N) is 1. The molecule has 0 spiro atoms. The van der Waals surface area contributed by atoms with Crippen LogP contribution in [0, 0.1) is 11.8 Å². The van der Waals surface area contributed by atoms with Crippen LogP contribution < -0.4 is 5.32 Å². The molecule has 3 rings (SSSR count). The Bertz CT molecular complexity index is 840.